The van der Waals surface area contributed by atoms with Crippen LogP contribution in [0.15, 0.2) is 12.4 Å². The van der Waals surface area contributed by atoms with E-state index in [1.54, 1.807) is 6.92 Å². The van der Waals surface area contributed by atoms with Crippen LogP contribution >= 0.6 is 0 Å². The molecule has 0 N–H and O–H groups in total. The zero-order chi connectivity index (χ0) is 19.3. The van der Waals surface area contributed by atoms with Crippen LogP contribution in [0.3, 0.4) is 0 Å². The summed E-state index contributed by atoms with van der Waals surface area (Å²) in [5, 5.41) is 0. The number of hydrogen-bond acceptors (Lipinski definition) is 6. The Labute approximate surface area is 168 Å². The lowest BCUT2D eigenvalue weighted by molar-refractivity contribution is -0.122. The van der Waals surface area contributed by atoms with Gasteiger partial charge in [0.25, 0.3) is 0 Å². The minimum Gasteiger partial charge on any atom is -0.332 e. The maximum atomic E-state index is 11.6. The molecular formula is C22H33N5O. The first-order valence-corrected chi connectivity index (χ1v) is 11.1. The van der Waals surface area contributed by atoms with Gasteiger partial charge in [-0.25, -0.2) is 9.97 Å². The molecule has 0 amide bonds. The summed E-state index contributed by atoms with van der Waals surface area (Å²) in [5.41, 5.74) is 1.29. The van der Waals surface area contributed by atoms with Gasteiger partial charge < -0.3 is 9.80 Å². The molecule has 1 aromatic rings. The van der Waals surface area contributed by atoms with Crippen LogP contribution in [-0.2, 0) is 4.79 Å². The standard InChI is InChI=1S/C22H33N5O/c1-15(28)16-3-5-19(6-4-16)26-11-18(12-26)17-9-23-22(24-10-17)27-20-7-8-21(27)14-25(2)13-20/h9-10,16,18-21H,3-8,11-14H2,1-2H3/t16-,19-,20?,21?. The van der Waals surface area contributed by atoms with Gasteiger partial charge in [-0.15, -0.1) is 0 Å². The SMILES string of the molecule is CC(=O)[C@H]1CC[C@H](N2CC(c3cnc(N4C5CCC4CN(C)C5)nc3)C2)CC1. The molecule has 0 spiro atoms. The fraction of sp³-hybridized carbons (Fsp3) is 0.773. The van der Waals surface area contributed by atoms with E-state index in [9.17, 15) is 4.79 Å². The lowest BCUT2D eigenvalue weighted by Crippen LogP contribution is -2.53. The van der Waals surface area contributed by atoms with Crippen molar-refractivity contribution in [3.8, 4) is 0 Å². The van der Waals surface area contributed by atoms with Gasteiger partial charge in [-0.1, -0.05) is 0 Å². The van der Waals surface area contributed by atoms with Crippen molar-refractivity contribution in [3.05, 3.63) is 18.0 Å². The third-order valence-electron chi connectivity index (χ3n) is 7.72. The smallest absolute Gasteiger partial charge is 0.225 e. The number of likely N-dealkylation sites (N-methyl/N-ethyl adjacent to an activating group) is 1. The van der Waals surface area contributed by atoms with E-state index >= 15 is 0 Å². The summed E-state index contributed by atoms with van der Waals surface area (Å²) in [6, 6.07) is 1.84. The van der Waals surface area contributed by atoms with E-state index in [1.165, 1.54) is 31.2 Å². The second kappa shape index (κ2) is 7.38. The number of nitrogens with zero attached hydrogens (tertiary/aromatic N) is 5. The van der Waals surface area contributed by atoms with Gasteiger partial charge in [-0.3, -0.25) is 9.69 Å². The van der Waals surface area contributed by atoms with Crippen molar-refractivity contribution in [2.24, 2.45) is 5.92 Å². The van der Waals surface area contributed by atoms with Gasteiger partial charge >= 0.3 is 0 Å². The number of likely N-dealkylation sites (tertiary alicyclic amines) is 2. The third kappa shape index (κ3) is 3.35. The molecule has 2 atom stereocenters. The molecule has 0 radical (unpaired) electrons. The molecule has 6 heteroatoms. The Morgan fingerprint density at radius 1 is 0.893 bits per heavy atom. The highest BCUT2D eigenvalue weighted by Gasteiger charge is 2.40. The zero-order valence-corrected chi connectivity index (χ0v) is 17.3. The molecule has 28 heavy (non-hydrogen) atoms. The van der Waals surface area contributed by atoms with Gasteiger partial charge in [-0.05, 0) is 58.1 Å². The number of anilines is 1. The number of Topliss-reactive ketones (excluding diaryl/α,β-unsaturated/α-hetero) is 1. The van der Waals surface area contributed by atoms with E-state index in [1.807, 2.05) is 0 Å². The van der Waals surface area contributed by atoms with Crippen LogP contribution in [0.2, 0.25) is 0 Å². The molecule has 6 nitrogen and oxygen atoms in total. The fourth-order valence-corrected chi connectivity index (χ4v) is 5.98. The van der Waals surface area contributed by atoms with Crippen LogP contribution in [-0.4, -0.2) is 76.9 Å². The van der Waals surface area contributed by atoms with E-state index < -0.39 is 0 Å². The zero-order valence-electron chi connectivity index (χ0n) is 17.3. The first-order valence-electron chi connectivity index (χ1n) is 11.1. The largest absolute Gasteiger partial charge is 0.332 e. The number of aromatic nitrogens is 2. The molecule has 3 aliphatic heterocycles. The molecule has 1 saturated carbocycles. The second-order valence-electron chi connectivity index (χ2n) is 9.60. The predicted molar refractivity (Wildman–Crippen MR) is 110 cm³/mol. The maximum Gasteiger partial charge on any atom is 0.225 e. The molecule has 4 fully saturated rings. The van der Waals surface area contributed by atoms with Gasteiger partial charge in [0.05, 0.1) is 0 Å². The second-order valence-corrected chi connectivity index (χ2v) is 9.60. The van der Waals surface area contributed by atoms with Crippen molar-refractivity contribution in [2.45, 2.75) is 69.5 Å². The monoisotopic (exact) mass is 383 g/mol. The molecular weight excluding hydrogens is 350 g/mol. The Kier molecular flexibility index (Phi) is 4.87. The Hall–Kier alpha value is -1.53. The molecule has 152 valence electrons. The highest BCUT2D eigenvalue weighted by Crippen LogP contribution is 2.36. The Bertz CT molecular complexity index is 694. The van der Waals surface area contributed by atoms with Crippen molar-refractivity contribution >= 4 is 11.7 Å². The van der Waals surface area contributed by atoms with E-state index in [-0.39, 0.29) is 0 Å². The molecule has 4 heterocycles. The number of hydrogen-bond donors (Lipinski definition) is 0. The molecule has 2 unspecified atom stereocenters. The molecule has 0 aromatic carbocycles. The van der Waals surface area contributed by atoms with Crippen molar-refractivity contribution in [1.29, 1.82) is 0 Å². The average Bonchev–Trinajstić information content (AvgIpc) is 2.93. The van der Waals surface area contributed by atoms with E-state index in [0.717, 1.165) is 45.0 Å². The van der Waals surface area contributed by atoms with E-state index in [0.29, 0.717) is 35.7 Å². The first kappa shape index (κ1) is 18.5. The molecule has 1 aliphatic carbocycles. The number of piperazine rings is 1. The number of fused-ring (bicyclic) bond motifs is 2. The van der Waals surface area contributed by atoms with Crippen molar-refractivity contribution in [1.82, 2.24) is 19.8 Å². The highest BCUT2D eigenvalue weighted by molar-refractivity contribution is 5.78. The van der Waals surface area contributed by atoms with Crippen LogP contribution in [0.4, 0.5) is 5.95 Å². The van der Waals surface area contributed by atoms with Crippen LogP contribution < -0.4 is 4.90 Å². The third-order valence-corrected chi connectivity index (χ3v) is 7.72. The minimum absolute atomic E-state index is 0.319. The Morgan fingerprint density at radius 3 is 2.04 bits per heavy atom. The quantitative estimate of drug-likeness (QED) is 0.795. The fourth-order valence-electron chi connectivity index (χ4n) is 5.98. The first-order chi connectivity index (χ1) is 13.6. The Morgan fingerprint density at radius 2 is 1.46 bits per heavy atom. The van der Waals surface area contributed by atoms with Crippen LogP contribution in [0.5, 0.6) is 0 Å². The summed E-state index contributed by atoms with van der Waals surface area (Å²) in [6.07, 6.45) is 11.2. The number of carbonyl (C=O) groups is 1. The molecule has 2 bridgehead atoms. The van der Waals surface area contributed by atoms with E-state index in [2.05, 4.69) is 34.1 Å². The average molecular weight is 384 g/mol. The molecule has 1 aromatic heterocycles. The van der Waals surface area contributed by atoms with Gasteiger partial charge in [0, 0.05) is 68.5 Å². The normalized spacial score (nSPS) is 34.4. The van der Waals surface area contributed by atoms with Gasteiger partial charge in [0.2, 0.25) is 5.95 Å². The topological polar surface area (TPSA) is 52.6 Å². The van der Waals surface area contributed by atoms with Gasteiger partial charge in [-0.2, -0.15) is 0 Å². The number of ketones is 1. The lowest BCUT2D eigenvalue weighted by Gasteiger charge is -2.46. The summed E-state index contributed by atoms with van der Waals surface area (Å²) >= 11 is 0. The van der Waals surface area contributed by atoms with Crippen molar-refractivity contribution < 1.29 is 4.79 Å². The van der Waals surface area contributed by atoms with Crippen LogP contribution in [0.1, 0.15) is 56.9 Å². The van der Waals surface area contributed by atoms with Crippen LogP contribution in [0, 0.1) is 5.92 Å². The van der Waals surface area contributed by atoms with E-state index in [4.69, 9.17) is 9.97 Å². The lowest BCUT2D eigenvalue weighted by atomic mass is 9.81. The van der Waals surface area contributed by atoms with Crippen LogP contribution in [0.25, 0.3) is 0 Å². The number of carbonyl (C=O) groups excluding carboxylic acids is 1. The molecule has 5 rings (SSSR count). The van der Waals surface area contributed by atoms with Gasteiger partial charge in [0.15, 0.2) is 0 Å². The maximum absolute atomic E-state index is 11.6. The van der Waals surface area contributed by atoms with Crippen molar-refractivity contribution in [2.75, 3.05) is 38.1 Å². The Balaban J connectivity index is 1.16. The number of rotatable bonds is 4. The summed E-state index contributed by atoms with van der Waals surface area (Å²) < 4.78 is 0. The summed E-state index contributed by atoms with van der Waals surface area (Å²) in [7, 11) is 2.22. The minimum atomic E-state index is 0.319. The van der Waals surface area contributed by atoms with Gasteiger partial charge in [0.1, 0.15) is 5.78 Å². The highest BCUT2D eigenvalue weighted by atomic mass is 16.1. The molecule has 4 aliphatic rings. The summed E-state index contributed by atoms with van der Waals surface area (Å²) in [4.78, 5) is 28.6. The predicted octanol–water partition coefficient (Wildman–Crippen LogP) is 2.31. The molecule has 3 saturated heterocycles. The summed E-state index contributed by atoms with van der Waals surface area (Å²) in [5.74, 6) is 2.21. The van der Waals surface area contributed by atoms with Crippen molar-refractivity contribution in [3.63, 3.8) is 0 Å². The summed E-state index contributed by atoms with van der Waals surface area (Å²) in [6.45, 7) is 6.26.